The van der Waals surface area contributed by atoms with Crippen LogP contribution in [0.3, 0.4) is 0 Å². The molecule has 0 fully saturated rings. The lowest BCUT2D eigenvalue weighted by atomic mass is 10.3. The van der Waals surface area contributed by atoms with E-state index in [1.54, 1.807) is 11.0 Å². The number of nitrogen functional groups attached to an aromatic ring is 1. The molecule has 18 heavy (non-hydrogen) atoms. The van der Waals surface area contributed by atoms with Crippen molar-refractivity contribution in [2.24, 2.45) is 0 Å². The Kier molecular flexibility index (Phi) is 5.15. The van der Waals surface area contributed by atoms with E-state index in [4.69, 9.17) is 17.3 Å². The minimum Gasteiger partial charge on any atom is -0.368 e. The summed E-state index contributed by atoms with van der Waals surface area (Å²) < 4.78 is 0. The number of halogens is 1. The molecule has 0 aliphatic heterocycles. The molecule has 0 aromatic carbocycles. The van der Waals surface area contributed by atoms with Crippen molar-refractivity contribution in [2.75, 3.05) is 23.7 Å². The number of nitrogens with two attached hydrogens (primary N) is 1. The van der Waals surface area contributed by atoms with E-state index in [0.29, 0.717) is 12.4 Å². The van der Waals surface area contributed by atoms with Gasteiger partial charge in [-0.1, -0.05) is 11.6 Å². The predicted octanol–water partition coefficient (Wildman–Crippen LogP) is 1.06. The molecular formula is C11H18ClN5O. The van der Waals surface area contributed by atoms with Gasteiger partial charge in [0.25, 0.3) is 0 Å². The zero-order chi connectivity index (χ0) is 13.7. The molecule has 1 amide bonds. The normalized spacial score (nSPS) is 10.5. The van der Waals surface area contributed by atoms with Crippen LogP contribution < -0.4 is 16.0 Å². The van der Waals surface area contributed by atoms with Crippen LogP contribution in [-0.4, -0.2) is 35.0 Å². The Balaban J connectivity index is 2.79. The molecule has 0 saturated heterocycles. The van der Waals surface area contributed by atoms with Gasteiger partial charge in [-0.25, -0.2) is 4.98 Å². The lowest BCUT2D eigenvalue weighted by Crippen LogP contribution is -2.40. The fourth-order valence-electron chi connectivity index (χ4n) is 1.48. The number of aromatic nitrogens is 2. The van der Waals surface area contributed by atoms with E-state index in [1.165, 1.54) is 0 Å². The lowest BCUT2D eigenvalue weighted by Gasteiger charge is -2.22. The molecule has 3 N–H and O–H groups in total. The summed E-state index contributed by atoms with van der Waals surface area (Å²) in [5, 5.41) is 3.08. The molecule has 0 aliphatic rings. The van der Waals surface area contributed by atoms with Crippen molar-refractivity contribution in [3.63, 3.8) is 0 Å². The second-order valence-corrected chi connectivity index (χ2v) is 4.53. The first-order valence-electron chi connectivity index (χ1n) is 5.76. The van der Waals surface area contributed by atoms with Gasteiger partial charge in [0.05, 0.1) is 6.54 Å². The smallest absolute Gasteiger partial charge is 0.239 e. The highest BCUT2D eigenvalue weighted by Gasteiger charge is 2.13. The molecule has 1 rings (SSSR count). The summed E-state index contributed by atoms with van der Waals surface area (Å²) in [5.41, 5.74) is 5.53. The van der Waals surface area contributed by atoms with Crippen LogP contribution in [-0.2, 0) is 4.79 Å². The van der Waals surface area contributed by atoms with Crippen molar-refractivity contribution < 1.29 is 4.79 Å². The van der Waals surface area contributed by atoms with Gasteiger partial charge < -0.3 is 16.0 Å². The summed E-state index contributed by atoms with van der Waals surface area (Å²) >= 11 is 5.81. The molecule has 0 spiro atoms. The highest BCUT2D eigenvalue weighted by atomic mass is 35.5. The molecule has 0 saturated carbocycles. The fraction of sp³-hybridized carbons (Fsp3) is 0.545. The topological polar surface area (TPSA) is 84.1 Å². The van der Waals surface area contributed by atoms with Gasteiger partial charge >= 0.3 is 0 Å². The number of hydrogen-bond donors (Lipinski definition) is 2. The summed E-state index contributed by atoms with van der Waals surface area (Å²) in [6.45, 7) is 6.58. The number of hydrogen-bond acceptors (Lipinski definition) is 5. The number of amides is 1. The molecule has 0 radical (unpaired) electrons. The standard InChI is InChI=1S/C11H18ClN5O/c1-4-17(6-10(18)14-7(2)3)9-5-8(12)15-11(13)16-9/h5,7H,4,6H2,1-3H3,(H,14,18)(H2,13,15,16). The first kappa shape index (κ1) is 14.5. The molecule has 0 aliphatic carbocycles. The highest BCUT2D eigenvalue weighted by molar-refractivity contribution is 6.29. The van der Waals surface area contributed by atoms with E-state index in [2.05, 4.69) is 15.3 Å². The number of rotatable bonds is 5. The molecular weight excluding hydrogens is 254 g/mol. The minimum atomic E-state index is -0.0693. The quantitative estimate of drug-likeness (QED) is 0.783. The van der Waals surface area contributed by atoms with Gasteiger partial charge in [0.15, 0.2) is 0 Å². The van der Waals surface area contributed by atoms with Crippen LogP contribution in [0.5, 0.6) is 0 Å². The van der Waals surface area contributed by atoms with Gasteiger partial charge in [-0.2, -0.15) is 4.98 Å². The van der Waals surface area contributed by atoms with Crippen LogP contribution in [0.4, 0.5) is 11.8 Å². The van der Waals surface area contributed by atoms with Gasteiger partial charge in [-0.05, 0) is 20.8 Å². The van der Waals surface area contributed by atoms with Crippen LogP contribution in [0.15, 0.2) is 6.07 Å². The first-order chi connectivity index (χ1) is 8.42. The summed E-state index contributed by atoms with van der Waals surface area (Å²) in [4.78, 5) is 21.3. The van der Waals surface area contributed by atoms with Crippen molar-refractivity contribution in [1.82, 2.24) is 15.3 Å². The van der Waals surface area contributed by atoms with Crippen molar-refractivity contribution in [3.05, 3.63) is 11.2 Å². The average Bonchev–Trinajstić information content (AvgIpc) is 2.23. The molecule has 100 valence electrons. The largest absolute Gasteiger partial charge is 0.368 e. The third kappa shape index (κ3) is 4.37. The molecule has 6 nitrogen and oxygen atoms in total. The van der Waals surface area contributed by atoms with Crippen molar-refractivity contribution >= 4 is 29.3 Å². The van der Waals surface area contributed by atoms with Gasteiger partial charge in [-0.3, -0.25) is 4.79 Å². The van der Waals surface area contributed by atoms with Gasteiger partial charge in [0, 0.05) is 18.7 Å². The fourth-order valence-corrected chi connectivity index (χ4v) is 1.66. The molecule has 0 unspecified atom stereocenters. The molecule has 0 atom stereocenters. The summed E-state index contributed by atoms with van der Waals surface area (Å²) in [6.07, 6.45) is 0. The van der Waals surface area contributed by atoms with E-state index >= 15 is 0 Å². The third-order valence-corrected chi connectivity index (χ3v) is 2.38. The highest BCUT2D eigenvalue weighted by Crippen LogP contribution is 2.16. The maximum Gasteiger partial charge on any atom is 0.239 e. The lowest BCUT2D eigenvalue weighted by molar-refractivity contribution is -0.120. The minimum absolute atomic E-state index is 0.0693. The van der Waals surface area contributed by atoms with E-state index < -0.39 is 0 Å². The van der Waals surface area contributed by atoms with Gasteiger partial charge in [0.2, 0.25) is 11.9 Å². The van der Waals surface area contributed by atoms with Crippen molar-refractivity contribution in [3.8, 4) is 0 Å². The number of nitrogens with one attached hydrogen (secondary N) is 1. The first-order valence-corrected chi connectivity index (χ1v) is 6.14. The van der Waals surface area contributed by atoms with Gasteiger partial charge in [0.1, 0.15) is 11.0 Å². The Morgan fingerprint density at radius 3 is 2.72 bits per heavy atom. The van der Waals surface area contributed by atoms with Crippen molar-refractivity contribution in [1.29, 1.82) is 0 Å². The summed E-state index contributed by atoms with van der Waals surface area (Å²) in [7, 11) is 0. The maximum absolute atomic E-state index is 11.7. The summed E-state index contributed by atoms with van der Waals surface area (Å²) in [6, 6.07) is 1.69. The summed E-state index contributed by atoms with van der Waals surface area (Å²) in [5.74, 6) is 0.578. The number of likely N-dealkylation sites (N-methyl/N-ethyl adjacent to an activating group) is 1. The maximum atomic E-state index is 11.7. The monoisotopic (exact) mass is 271 g/mol. The van der Waals surface area contributed by atoms with Gasteiger partial charge in [-0.15, -0.1) is 0 Å². The Morgan fingerprint density at radius 1 is 1.56 bits per heavy atom. The molecule has 1 heterocycles. The Bertz CT molecular complexity index is 404. The number of carbonyl (C=O) groups is 1. The van der Waals surface area contributed by atoms with E-state index in [1.807, 2.05) is 20.8 Å². The van der Waals surface area contributed by atoms with Crippen LogP contribution in [0.1, 0.15) is 20.8 Å². The zero-order valence-electron chi connectivity index (χ0n) is 10.8. The Labute approximate surface area is 112 Å². The van der Waals surface area contributed by atoms with Crippen LogP contribution >= 0.6 is 11.6 Å². The van der Waals surface area contributed by atoms with E-state index in [9.17, 15) is 4.79 Å². The van der Waals surface area contributed by atoms with E-state index in [-0.39, 0.29) is 29.6 Å². The second kappa shape index (κ2) is 6.39. The van der Waals surface area contributed by atoms with Crippen molar-refractivity contribution in [2.45, 2.75) is 26.8 Å². The van der Waals surface area contributed by atoms with Crippen LogP contribution in [0.2, 0.25) is 5.15 Å². The molecule has 7 heteroatoms. The third-order valence-electron chi connectivity index (χ3n) is 2.19. The average molecular weight is 272 g/mol. The number of anilines is 2. The Morgan fingerprint density at radius 2 is 2.22 bits per heavy atom. The molecule has 1 aromatic heterocycles. The predicted molar refractivity (Wildman–Crippen MR) is 72.6 cm³/mol. The Hall–Kier alpha value is -1.56. The van der Waals surface area contributed by atoms with Crippen LogP contribution in [0.25, 0.3) is 0 Å². The molecule has 1 aromatic rings. The van der Waals surface area contributed by atoms with Crippen LogP contribution in [0, 0.1) is 0 Å². The number of carbonyl (C=O) groups excluding carboxylic acids is 1. The molecule has 0 bridgehead atoms. The number of nitrogens with zero attached hydrogens (tertiary/aromatic N) is 3. The zero-order valence-corrected chi connectivity index (χ0v) is 11.5. The van der Waals surface area contributed by atoms with E-state index in [0.717, 1.165) is 0 Å². The SMILES string of the molecule is CCN(CC(=O)NC(C)C)c1cc(Cl)nc(N)n1. The second-order valence-electron chi connectivity index (χ2n) is 4.14.